The van der Waals surface area contributed by atoms with E-state index >= 15 is 0 Å². The first-order valence-corrected chi connectivity index (χ1v) is 12.2. The molecule has 1 fully saturated rings. The van der Waals surface area contributed by atoms with Gasteiger partial charge in [0.15, 0.2) is 17.4 Å². The second-order valence-electron chi connectivity index (χ2n) is 6.11. The maximum Gasteiger partial charge on any atom is 0.333 e. The molecule has 3 heterocycles. The normalized spacial score (nSPS) is 24.1. The van der Waals surface area contributed by atoms with Crippen LogP contribution in [0.25, 0.3) is 11.2 Å². The Labute approximate surface area is 206 Å². The maximum absolute atomic E-state index is 11.9. The third kappa shape index (κ3) is 8.00. The summed E-state index contributed by atoms with van der Waals surface area (Å²) in [6.07, 6.45) is -1.86. The SMILES string of the molecule is CC1C(OS(N)(=O)=O)[C@H](n2cnc3c(=O)[nH]c(N)nc32)O[C@@H]1CO[PH](=O)O.O=[PH](O)O.[Y]. The molecule has 1 aliphatic heterocycles. The van der Waals surface area contributed by atoms with E-state index in [-0.39, 0.29) is 56.4 Å². The van der Waals surface area contributed by atoms with Crippen molar-refractivity contribution >= 4 is 43.9 Å². The number of hydrogen-bond acceptors (Lipinski definition) is 11. The molecule has 0 saturated carbocycles. The molecular formula is C11H20N6O11P2SY. The van der Waals surface area contributed by atoms with Crippen molar-refractivity contribution in [2.45, 2.75) is 25.4 Å². The molecule has 0 aromatic carbocycles. The van der Waals surface area contributed by atoms with Crippen LogP contribution < -0.4 is 16.4 Å². The molecule has 3 unspecified atom stereocenters. The quantitative estimate of drug-likeness (QED) is 0.190. The maximum atomic E-state index is 11.9. The van der Waals surface area contributed by atoms with Gasteiger partial charge in [-0.2, -0.15) is 13.4 Å². The Bertz CT molecular complexity index is 1140. The number of ether oxygens (including phenoxy) is 1. The van der Waals surface area contributed by atoms with E-state index in [9.17, 15) is 17.8 Å². The van der Waals surface area contributed by atoms with Crippen molar-refractivity contribution in [2.24, 2.45) is 11.1 Å². The number of rotatable bonds is 6. The summed E-state index contributed by atoms with van der Waals surface area (Å²) in [4.78, 5) is 45.3. The molecule has 1 saturated heterocycles. The summed E-state index contributed by atoms with van der Waals surface area (Å²) in [7, 11) is -10.7. The zero-order chi connectivity index (χ0) is 23.5. The van der Waals surface area contributed by atoms with Crippen LogP contribution in [-0.2, 0) is 65.6 Å². The molecule has 1 radical (unpaired) electrons. The van der Waals surface area contributed by atoms with Crippen molar-refractivity contribution in [1.29, 1.82) is 0 Å². The van der Waals surface area contributed by atoms with Gasteiger partial charge in [0.1, 0.15) is 6.10 Å². The number of nitrogens with two attached hydrogens (primary N) is 2. The first kappa shape index (κ1) is 29.4. The number of hydrogen-bond donors (Lipinski definition) is 6. The molecular weight excluding hydrogens is 575 g/mol. The molecule has 5 atom stereocenters. The molecule has 32 heavy (non-hydrogen) atoms. The van der Waals surface area contributed by atoms with Crippen LogP contribution in [0, 0.1) is 5.92 Å². The summed E-state index contributed by atoms with van der Waals surface area (Å²) in [6, 6.07) is 0. The Kier molecular flexibility index (Phi) is 11.2. The average molecular weight is 595 g/mol. The van der Waals surface area contributed by atoms with E-state index in [0.29, 0.717) is 0 Å². The minimum absolute atomic E-state index is 0. The summed E-state index contributed by atoms with van der Waals surface area (Å²) in [5.74, 6) is -0.797. The summed E-state index contributed by atoms with van der Waals surface area (Å²) in [5.41, 5.74) is 4.95. The monoisotopic (exact) mass is 595 g/mol. The van der Waals surface area contributed by atoms with Gasteiger partial charge in [-0.3, -0.25) is 23.5 Å². The summed E-state index contributed by atoms with van der Waals surface area (Å²) < 4.78 is 59.1. The van der Waals surface area contributed by atoms with E-state index in [1.165, 1.54) is 10.9 Å². The van der Waals surface area contributed by atoms with Crippen molar-refractivity contribution in [1.82, 2.24) is 19.5 Å². The van der Waals surface area contributed by atoms with Crippen molar-refractivity contribution in [3.05, 3.63) is 16.7 Å². The largest absolute Gasteiger partial charge is 0.369 e. The fraction of sp³-hybridized carbons (Fsp3) is 0.545. The van der Waals surface area contributed by atoms with E-state index in [1.54, 1.807) is 6.92 Å². The van der Waals surface area contributed by atoms with Crippen LogP contribution in [0.1, 0.15) is 13.2 Å². The van der Waals surface area contributed by atoms with Crippen LogP contribution in [0.15, 0.2) is 11.1 Å². The third-order valence-electron chi connectivity index (χ3n) is 4.04. The third-order valence-corrected chi connectivity index (χ3v) is 4.95. The van der Waals surface area contributed by atoms with E-state index in [0.717, 1.165) is 0 Å². The summed E-state index contributed by atoms with van der Waals surface area (Å²) >= 11 is 0. The van der Waals surface area contributed by atoms with E-state index < -0.39 is 56.7 Å². The van der Waals surface area contributed by atoms with Crippen LogP contribution >= 0.6 is 16.5 Å². The smallest absolute Gasteiger partial charge is 0.333 e. The number of nitrogens with one attached hydrogen (secondary N) is 1. The van der Waals surface area contributed by atoms with Crippen LogP contribution in [0.4, 0.5) is 5.95 Å². The zero-order valence-corrected chi connectivity index (χ0v) is 21.8. The Balaban J connectivity index is 0.000000945. The van der Waals surface area contributed by atoms with Gasteiger partial charge in [-0.05, 0) is 0 Å². The molecule has 0 amide bonds. The van der Waals surface area contributed by atoms with Crippen molar-refractivity contribution in [2.75, 3.05) is 12.3 Å². The van der Waals surface area contributed by atoms with Gasteiger partial charge in [-0.15, -0.1) is 0 Å². The number of anilines is 1. The molecule has 3 rings (SSSR count). The minimum atomic E-state index is -4.36. The number of aromatic nitrogens is 4. The molecule has 179 valence electrons. The number of nitrogen functional groups attached to an aromatic ring is 1. The number of aromatic amines is 1. The molecule has 0 aliphatic carbocycles. The van der Waals surface area contributed by atoms with Gasteiger partial charge in [0.2, 0.25) is 5.95 Å². The molecule has 0 bridgehead atoms. The van der Waals surface area contributed by atoms with Gasteiger partial charge in [-0.1, -0.05) is 6.92 Å². The Morgan fingerprint density at radius 1 is 1.34 bits per heavy atom. The Morgan fingerprint density at radius 3 is 2.47 bits per heavy atom. The predicted octanol–water partition coefficient (Wildman–Crippen LogP) is -2.42. The first-order valence-electron chi connectivity index (χ1n) is 8.16. The van der Waals surface area contributed by atoms with Crippen LogP contribution in [0.2, 0.25) is 0 Å². The predicted molar refractivity (Wildman–Crippen MR) is 104 cm³/mol. The second-order valence-corrected chi connectivity index (χ2v) is 8.68. The Morgan fingerprint density at radius 2 is 1.94 bits per heavy atom. The summed E-state index contributed by atoms with van der Waals surface area (Å²) in [6.45, 7) is 1.30. The van der Waals surface area contributed by atoms with E-state index in [1.807, 2.05) is 0 Å². The van der Waals surface area contributed by atoms with Crippen molar-refractivity contribution in [3.8, 4) is 0 Å². The van der Waals surface area contributed by atoms with E-state index in [2.05, 4.69) is 15.0 Å². The van der Waals surface area contributed by atoms with Gasteiger partial charge < -0.3 is 29.7 Å². The topological polar surface area (TPSA) is 272 Å². The number of fused-ring (bicyclic) bond motifs is 1. The molecule has 17 nitrogen and oxygen atoms in total. The first-order chi connectivity index (χ1) is 14.3. The molecule has 8 N–H and O–H groups in total. The van der Waals surface area contributed by atoms with E-state index in [4.69, 9.17) is 43.6 Å². The van der Waals surface area contributed by atoms with Gasteiger partial charge in [0, 0.05) is 38.6 Å². The van der Waals surface area contributed by atoms with Gasteiger partial charge in [0.25, 0.3) is 5.56 Å². The molecule has 2 aromatic heterocycles. The fourth-order valence-corrected chi connectivity index (χ4v) is 3.73. The zero-order valence-electron chi connectivity index (χ0n) is 16.2. The number of H-pyrrole nitrogens is 1. The molecule has 21 heteroatoms. The number of imidazole rings is 1. The second kappa shape index (κ2) is 12.2. The van der Waals surface area contributed by atoms with Crippen LogP contribution in [0.5, 0.6) is 0 Å². The molecule has 0 spiro atoms. The van der Waals surface area contributed by atoms with Crippen molar-refractivity contribution < 1.29 is 78.4 Å². The molecule has 2 aromatic rings. The Hall–Kier alpha value is -0.616. The fourth-order valence-electron chi connectivity index (χ4n) is 2.84. The minimum Gasteiger partial charge on any atom is -0.369 e. The van der Waals surface area contributed by atoms with Gasteiger partial charge in [0.05, 0.1) is 19.0 Å². The standard InChI is InChI=1S/C11H17N6O8PS.H3O3P.Y/c1-4-5(2-23-26(19)20)24-10(7(4)25-27(13,21)22)17-3-14-6-8(17)15-11(12)16-9(6)18;1-4(2)3;/h3-5,7,10,26H,2H2,1H3,(H,19,20)(H2,13,21,22)(H3,12,15,16,18);4H,(H2,1,2,3);/t4?,5-,7?,10-;;/m1../s1. The van der Waals surface area contributed by atoms with Gasteiger partial charge in [-0.25, -0.2) is 14.3 Å². The van der Waals surface area contributed by atoms with Crippen molar-refractivity contribution in [3.63, 3.8) is 0 Å². The molecule has 1 aliphatic rings. The summed E-state index contributed by atoms with van der Waals surface area (Å²) in [5, 5.41) is 4.98. The average Bonchev–Trinajstić information content (AvgIpc) is 3.14. The van der Waals surface area contributed by atoms with Crippen LogP contribution in [-0.4, -0.2) is 61.4 Å². The number of nitrogens with zero attached hydrogens (tertiary/aromatic N) is 3. The van der Waals surface area contributed by atoms with Gasteiger partial charge >= 0.3 is 26.8 Å². The van der Waals surface area contributed by atoms with Crippen LogP contribution in [0.3, 0.4) is 0 Å².